The van der Waals surface area contributed by atoms with Crippen LogP contribution in [-0.4, -0.2) is 11.7 Å². The Morgan fingerprint density at radius 3 is 2.76 bits per heavy atom. The van der Waals surface area contributed by atoms with E-state index in [9.17, 15) is 5.11 Å². The van der Waals surface area contributed by atoms with Crippen LogP contribution in [0.25, 0.3) is 0 Å². The van der Waals surface area contributed by atoms with Crippen LogP contribution in [0.1, 0.15) is 29.7 Å². The molecule has 1 atom stereocenters. The van der Waals surface area contributed by atoms with Crippen LogP contribution in [0.2, 0.25) is 0 Å². The van der Waals surface area contributed by atoms with Crippen LogP contribution < -0.4 is 9.47 Å². The van der Waals surface area contributed by atoms with Gasteiger partial charge in [-0.15, -0.1) is 0 Å². The maximum atomic E-state index is 9.50. The van der Waals surface area contributed by atoms with Crippen LogP contribution >= 0.6 is 15.9 Å². The lowest BCUT2D eigenvalue weighted by Crippen LogP contribution is -1.99. The zero-order chi connectivity index (χ0) is 14.8. The fraction of sp³-hybridized carbons (Fsp3) is 0.294. The highest BCUT2D eigenvalue weighted by Gasteiger charge is 2.17. The summed E-state index contributed by atoms with van der Waals surface area (Å²) < 4.78 is 12.6. The molecule has 2 aromatic carbocycles. The van der Waals surface area contributed by atoms with Gasteiger partial charge in [-0.1, -0.05) is 28.1 Å². The third kappa shape index (κ3) is 3.22. The van der Waals surface area contributed by atoms with Gasteiger partial charge in [0, 0.05) is 16.5 Å². The highest BCUT2D eigenvalue weighted by atomic mass is 79.9. The smallest absolute Gasteiger partial charge is 0.129 e. The first-order chi connectivity index (χ1) is 10.1. The van der Waals surface area contributed by atoms with E-state index in [2.05, 4.69) is 22.0 Å². The van der Waals surface area contributed by atoms with Crippen LogP contribution in [0.15, 0.2) is 40.9 Å². The Morgan fingerprint density at radius 1 is 1.29 bits per heavy atom. The third-order valence-corrected chi connectivity index (χ3v) is 4.04. The third-order valence-electron chi connectivity index (χ3n) is 3.58. The van der Waals surface area contributed by atoms with Crippen molar-refractivity contribution in [1.82, 2.24) is 0 Å². The molecule has 0 aromatic heterocycles. The van der Waals surface area contributed by atoms with Gasteiger partial charge in [0.1, 0.15) is 18.1 Å². The number of hydrogen-bond donors (Lipinski definition) is 1. The monoisotopic (exact) mass is 348 g/mol. The molecule has 2 aromatic rings. The maximum Gasteiger partial charge on any atom is 0.129 e. The van der Waals surface area contributed by atoms with Crippen molar-refractivity contribution in [2.45, 2.75) is 26.1 Å². The summed E-state index contributed by atoms with van der Waals surface area (Å²) in [5.74, 6) is 1.74. The molecular formula is C17H17BrO3. The van der Waals surface area contributed by atoms with Crippen LogP contribution in [-0.2, 0) is 13.0 Å². The van der Waals surface area contributed by atoms with Crippen molar-refractivity contribution in [1.29, 1.82) is 0 Å². The van der Waals surface area contributed by atoms with Crippen molar-refractivity contribution in [3.63, 3.8) is 0 Å². The van der Waals surface area contributed by atoms with Crippen molar-refractivity contribution in [3.05, 3.63) is 57.6 Å². The maximum absolute atomic E-state index is 9.50. The molecule has 0 radical (unpaired) electrons. The average Bonchev–Trinajstić information content (AvgIpc) is 2.93. The lowest BCUT2D eigenvalue weighted by atomic mass is 10.1. The fourth-order valence-corrected chi connectivity index (χ4v) is 3.01. The van der Waals surface area contributed by atoms with Crippen molar-refractivity contribution >= 4 is 15.9 Å². The molecule has 1 aliphatic heterocycles. The van der Waals surface area contributed by atoms with Crippen molar-refractivity contribution in [3.8, 4) is 11.5 Å². The van der Waals surface area contributed by atoms with Crippen molar-refractivity contribution < 1.29 is 14.6 Å². The molecule has 0 aliphatic carbocycles. The van der Waals surface area contributed by atoms with E-state index >= 15 is 0 Å². The van der Waals surface area contributed by atoms with E-state index in [1.807, 2.05) is 30.3 Å². The molecule has 3 nitrogen and oxygen atoms in total. The Labute approximate surface area is 132 Å². The molecule has 110 valence electrons. The van der Waals surface area contributed by atoms with E-state index in [1.165, 1.54) is 5.56 Å². The fourth-order valence-electron chi connectivity index (χ4n) is 2.46. The Balaban J connectivity index is 1.73. The van der Waals surface area contributed by atoms with Gasteiger partial charge in [0.2, 0.25) is 0 Å². The molecule has 0 saturated carbocycles. The van der Waals surface area contributed by atoms with Crippen LogP contribution in [0.4, 0.5) is 0 Å². The first-order valence-electron chi connectivity index (χ1n) is 6.98. The topological polar surface area (TPSA) is 38.7 Å². The second kappa shape index (κ2) is 6.08. The zero-order valence-corrected chi connectivity index (χ0v) is 13.4. The first-order valence-corrected chi connectivity index (χ1v) is 7.77. The number of halogens is 1. The van der Waals surface area contributed by atoms with E-state index in [0.29, 0.717) is 6.61 Å². The van der Waals surface area contributed by atoms with Gasteiger partial charge >= 0.3 is 0 Å². The summed E-state index contributed by atoms with van der Waals surface area (Å²) in [5, 5.41) is 9.50. The summed E-state index contributed by atoms with van der Waals surface area (Å²) in [6.07, 6.45) is 0.492. The molecule has 4 heteroatoms. The molecule has 21 heavy (non-hydrogen) atoms. The quantitative estimate of drug-likeness (QED) is 0.906. The number of ether oxygens (including phenoxy) is 2. The molecule has 1 heterocycles. The van der Waals surface area contributed by atoms with E-state index in [-0.39, 0.29) is 0 Å². The second-order valence-electron chi connectivity index (χ2n) is 5.19. The van der Waals surface area contributed by atoms with Gasteiger partial charge in [-0.05, 0) is 42.3 Å². The van der Waals surface area contributed by atoms with Gasteiger partial charge in [-0.2, -0.15) is 0 Å². The minimum atomic E-state index is -0.458. The number of benzene rings is 2. The molecular weight excluding hydrogens is 332 g/mol. The summed E-state index contributed by atoms with van der Waals surface area (Å²) in [4.78, 5) is 0. The number of aliphatic hydroxyl groups excluding tert-OH is 1. The minimum absolute atomic E-state index is 0.458. The minimum Gasteiger partial charge on any atom is -0.493 e. The van der Waals surface area contributed by atoms with Crippen molar-refractivity contribution in [2.75, 3.05) is 6.61 Å². The average molecular weight is 349 g/mol. The van der Waals surface area contributed by atoms with Crippen molar-refractivity contribution in [2.24, 2.45) is 0 Å². The van der Waals surface area contributed by atoms with E-state index in [0.717, 1.165) is 40.1 Å². The summed E-state index contributed by atoms with van der Waals surface area (Å²) in [7, 11) is 0. The summed E-state index contributed by atoms with van der Waals surface area (Å²) in [6.45, 7) is 2.95. The molecule has 1 aliphatic rings. The Kier molecular flexibility index (Phi) is 4.17. The number of aliphatic hydroxyl groups is 1. The van der Waals surface area contributed by atoms with E-state index in [4.69, 9.17) is 9.47 Å². The lowest BCUT2D eigenvalue weighted by molar-refractivity contribution is 0.199. The van der Waals surface area contributed by atoms with Crippen LogP contribution in [0.5, 0.6) is 11.5 Å². The van der Waals surface area contributed by atoms with E-state index in [1.54, 1.807) is 6.92 Å². The number of rotatable bonds is 4. The zero-order valence-electron chi connectivity index (χ0n) is 11.8. The number of hydrogen-bond acceptors (Lipinski definition) is 3. The summed E-state index contributed by atoms with van der Waals surface area (Å²) >= 11 is 3.53. The highest BCUT2D eigenvalue weighted by Crippen LogP contribution is 2.33. The van der Waals surface area contributed by atoms with E-state index < -0.39 is 6.10 Å². The standard InChI is InChI=1S/C17H17BrO3/c1-11(19)12-2-4-16(5-3-12)21-10-14-9-15(18)8-13-6-7-20-17(13)14/h2-5,8-9,11,19H,6-7,10H2,1H3/t11-/m1/s1. The van der Waals surface area contributed by atoms with Gasteiger partial charge in [-0.3, -0.25) is 0 Å². The highest BCUT2D eigenvalue weighted by molar-refractivity contribution is 9.10. The Hall–Kier alpha value is -1.52. The second-order valence-corrected chi connectivity index (χ2v) is 6.10. The van der Waals surface area contributed by atoms with Gasteiger partial charge < -0.3 is 14.6 Å². The van der Waals surface area contributed by atoms with Gasteiger partial charge in [-0.25, -0.2) is 0 Å². The molecule has 0 unspecified atom stereocenters. The van der Waals surface area contributed by atoms with Crippen LogP contribution in [0.3, 0.4) is 0 Å². The van der Waals surface area contributed by atoms with Gasteiger partial charge in [0.05, 0.1) is 12.7 Å². The summed E-state index contributed by atoms with van der Waals surface area (Å²) in [5.41, 5.74) is 3.16. The Morgan fingerprint density at radius 2 is 2.05 bits per heavy atom. The normalized spacial score (nSPS) is 14.4. The first kappa shape index (κ1) is 14.4. The summed E-state index contributed by atoms with van der Waals surface area (Å²) in [6, 6.07) is 11.6. The lowest BCUT2D eigenvalue weighted by Gasteiger charge is -2.12. The molecule has 1 N–H and O–H groups in total. The van der Waals surface area contributed by atoms with Crippen LogP contribution in [0, 0.1) is 0 Å². The SMILES string of the molecule is C[C@@H](O)c1ccc(OCc2cc(Br)cc3c2OCC3)cc1. The Bertz CT molecular complexity index is 635. The van der Waals surface area contributed by atoms with Gasteiger partial charge in [0.25, 0.3) is 0 Å². The molecule has 0 spiro atoms. The molecule has 0 saturated heterocycles. The number of fused-ring (bicyclic) bond motifs is 1. The molecule has 3 rings (SSSR count). The largest absolute Gasteiger partial charge is 0.493 e. The van der Waals surface area contributed by atoms with Gasteiger partial charge in [0.15, 0.2) is 0 Å². The molecule has 0 bridgehead atoms. The predicted octanol–water partition coefficient (Wildman–Crippen LogP) is 4.02. The molecule has 0 amide bonds. The molecule has 0 fully saturated rings. The predicted molar refractivity (Wildman–Crippen MR) is 84.7 cm³/mol.